The first-order valence-electron chi connectivity index (χ1n) is 5.12. The van der Waals surface area contributed by atoms with Crippen molar-refractivity contribution in [1.29, 1.82) is 0 Å². The number of thioether (sulfide) groups is 1. The average molecular weight is 265 g/mol. The van der Waals surface area contributed by atoms with Gasteiger partial charge in [0.05, 0.1) is 5.75 Å². The minimum absolute atomic E-state index is 0.121. The lowest BCUT2D eigenvalue weighted by molar-refractivity contribution is -0.142. The Labute approximate surface area is 107 Å². The maximum Gasteiger partial charge on any atom is 0.353 e. The molecule has 0 fully saturated rings. The number of hydrogen-bond acceptors (Lipinski definition) is 4. The number of nitrogens with two attached hydrogens (primary N) is 1. The van der Waals surface area contributed by atoms with E-state index in [-0.39, 0.29) is 5.75 Å². The van der Waals surface area contributed by atoms with Crippen molar-refractivity contribution < 1.29 is 14.7 Å². The van der Waals surface area contributed by atoms with Crippen LogP contribution in [0.1, 0.15) is 5.56 Å². The first-order chi connectivity index (χ1) is 8.53. The summed E-state index contributed by atoms with van der Waals surface area (Å²) in [4.78, 5) is 26.2. The molecule has 0 aromatic heterocycles. The Bertz CT molecular complexity index is 518. The van der Waals surface area contributed by atoms with Crippen molar-refractivity contribution in [2.75, 3.05) is 5.75 Å². The van der Waals surface area contributed by atoms with Gasteiger partial charge in [-0.05, 0) is 0 Å². The lowest BCUT2D eigenvalue weighted by Crippen LogP contribution is -2.55. The quantitative estimate of drug-likeness (QED) is 0.745. The van der Waals surface area contributed by atoms with Crippen LogP contribution in [0.4, 0.5) is 4.79 Å². The summed E-state index contributed by atoms with van der Waals surface area (Å²) in [5, 5.41) is 11.9. The Hall–Kier alpha value is -2.02. The summed E-state index contributed by atoms with van der Waals surface area (Å²) in [7, 11) is 0. The molecular formula is C11H11N3O3S. The van der Waals surface area contributed by atoms with E-state index >= 15 is 0 Å². The average Bonchev–Trinajstić information content (AvgIpc) is 2.75. The molecule has 2 rings (SSSR count). The molecule has 18 heavy (non-hydrogen) atoms. The van der Waals surface area contributed by atoms with Crippen molar-refractivity contribution in [2.24, 2.45) is 10.7 Å². The highest BCUT2D eigenvalue weighted by Crippen LogP contribution is 2.29. The molecule has 0 aliphatic carbocycles. The number of aliphatic imine (C=N–C) groups is 1. The van der Waals surface area contributed by atoms with E-state index < -0.39 is 17.7 Å². The zero-order valence-corrected chi connectivity index (χ0v) is 10.1. The van der Waals surface area contributed by atoms with Gasteiger partial charge in [0.2, 0.25) is 5.66 Å². The molecule has 1 aromatic carbocycles. The van der Waals surface area contributed by atoms with Crippen molar-refractivity contribution >= 4 is 28.8 Å². The van der Waals surface area contributed by atoms with Gasteiger partial charge in [-0.15, -0.1) is 11.8 Å². The molecule has 1 aromatic rings. The maximum atomic E-state index is 11.2. The summed E-state index contributed by atoms with van der Waals surface area (Å²) in [5.41, 5.74) is 4.14. The number of carboxylic acids is 1. The molecule has 0 spiro atoms. The van der Waals surface area contributed by atoms with E-state index in [1.807, 2.05) is 30.3 Å². The fourth-order valence-electron chi connectivity index (χ4n) is 1.57. The maximum absolute atomic E-state index is 11.2. The molecule has 0 saturated heterocycles. The van der Waals surface area contributed by atoms with Crippen LogP contribution < -0.4 is 11.1 Å². The molecule has 1 aliphatic heterocycles. The van der Waals surface area contributed by atoms with Crippen LogP contribution in [0.3, 0.4) is 0 Å². The number of nitrogens with zero attached hydrogens (tertiary/aromatic N) is 1. The molecule has 1 heterocycles. The predicted molar refractivity (Wildman–Crippen MR) is 68.5 cm³/mol. The lowest BCUT2D eigenvalue weighted by Gasteiger charge is -2.19. The van der Waals surface area contributed by atoms with Crippen molar-refractivity contribution in [1.82, 2.24) is 5.32 Å². The van der Waals surface area contributed by atoms with E-state index in [1.165, 1.54) is 11.8 Å². The zero-order valence-electron chi connectivity index (χ0n) is 9.29. The third-order valence-corrected chi connectivity index (χ3v) is 3.58. The summed E-state index contributed by atoms with van der Waals surface area (Å²) in [6.07, 6.45) is 0. The Morgan fingerprint density at radius 2 is 2.06 bits per heavy atom. The highest BCUT2D eigenvalue weighted by molar-refractivity contribution is 8.14. The second-order valence-electron chi connectivity index (χ2n) is 3.73. The van der Waals surface area contributed by atoms with Crippen LogP contribution >= 0.6 is 11.8 Å². The van der Waals surface area contributed by atoms with Gasteiger partial charge in [0.1, 0.15) is 5.04 Å². The van der Waals surface area contributed by atoms with Crippen LogP contribution in [0.15, 0.2) is 35.3 Å². The highest BCUT2D eigenvalue weighted by Gasteiger charge is 2.44. The van der Waals surface area contributed by atoms with Crippen LogP contribution in [-0.4, -0.2) is 33.6 Å². The monoisotopic (exact) mass is 265 g/mol. The normalized spacial score (nSPS) is 22.3. The van der Waals surface area contributed by atoms with Gasteiger partial charge in [0.25, 0.3) is 0 Å². The molecule has 1 atom stereocenters. The van der Waals surface area contributed by atoms with Gasteiger partial charge in [-0.3, -0.25) is 0 Å². The van der Waals surface area contributed by atoms with Gasteiger partial charge in [-0.25, -0.2) is 14.6 Å². The van der Waals surface area contributed by atoms with Crippen molar-refractivity contribution in [3.05, 3.63) is 35.9 Å². The number of hydrogen-bond donors (Lipinski definition) is 3. The molecule has 4 N–H and O–H groups in total. The van der Waals surface area contributed by atoms with Gasteiger partial charge in [-0.1, -0.05) is 30.3 Å². The Morgan fingerprint density at radius 1 is 1.39 bits per heavy atom. The van der Waals surface area contributed by atoms with Gasteiger partial charge < -0.3 is 16.2 Å². The molecular weight excluding hydrogens is 254 g/mol. The van der Waals surface area contributed by atoms with Gasteiger partial charge >= 0.3 is 12.0 Å². The van der Waals surface area contributed by atoms with Crippen molar-refractivity contribution in [3.63, 3.8) is 0 Å². The Kier molecular flexibility index (Phi) is 3.24. The molecule has 6 nitrogen and oxygen atoms in total. The third-order valence-electron chi connectivity index (χ3n) is 2.41. The van der Waals surface area contributed by atoms with Gasteiger partial charge in [-0.2, -0.15) is 0 Å². The molecule has 0 radical (unpaired) electrons. The summed E-state index contributed by atoms with van der Waals surface area (Å²) in [5.74, 6) is -1.10. The van der Waals surface area contributed by atoms with Gasteiger partial charge in [0.15, 0.2) is 0 Å². The van der Waals surface area contributed by atoms with E-state index in [9.17, 15) is 14.7 Å². The van der Waals surface area contributed by atoms with E-state index in [2.05, 4.69) is 10.3 Å². The topological polar surface area (TPSA) is 105 Å². The molecule has 0 saturated carbocycles. The highest BCUT2D eigenvalue weighted by atomic mass is 32.2. The number of urea groups is 1. The number of carboxylic acid groups (broad SMARTS) is 1. The summed E-state index contributed by atoms with van der Waals surface area (Å²) in [6.45, 7) is 0. The Balaban J connectivity index is 2.34. The SMILES string of the molecule is NC(=O)NC1(C(=O)O)CSC(c2ccccc2)=N1. The first-order valence-corrected chi connectivity index (χ1v) is 6.11. The molecule has 2 amide bonds. The zero-order chi connectivity index (χ0) is 13.2. The minimum Gasteiger partial charge on any atom is -0.478 e. The number of benzene rings is 1. The molecule has 1 aliphatic rings. The largest absolute Gasteiger partial charge is 0.478 e. The van der Waals surface area contributed by atoms with E-state index in [4.69, 9.17) is 5.73 Å². The first kappa shape index (κ1) is 12.4. The predicted octanol–water partition coefficient (Wildman–Crippen LogP) is 0.629. The standard InChI is InChI=1S/C11H11N3O3S/c12-10(17)14-11(9(15)16)6-18-8(13-11)7-4-2-1-3-5-7/h1-5H,6H2,(H,15,16)(H3,12,14,17). The molecule has 94 valence electrons. The van der Waals surface area contributed by atoms with Crippen LogP contribution in [0.2, 0.25) is 0 Å². The molecule has 1 unspecified atom stereocenters. The van der Waals surface area contributed by atoms with Gasteiger partial charge in [0, 0.05) is 5.56 Å². The smallest absolute Gasteiger partial charge is 0.353 e. The van der Waals surface area contributed by atoms with E-state index in [1.54, 1.807) is 0 Å². The lowest BCUT2D eigenvalue weighted by atomic mass is 10.2. The van der Waals surface area contributed by atoms with Crippen LogP contribution in [-0.2, 0) is 4.79 Å². The summed E-state index contributed by atoms with van der Waals surface area (Å²) >= 11 is 1.27. The summed E-state index contributed by atoms with van der Waals surface area (Å²) < 4.78 is 0. The van der Waals surface area contributed by atoms with Crippen LogP contribution in [0.5, 0.6) is 0 Å². The minimum atomic E-state index is -1.67. The fourth-order valence-corrected chi connectivity index (χ4v) is 2.70. The number of carbonyl (C=O) groups is 2. The molecule has 0 bridgehead atoms. The summed E-state index contributed by atoms with van der Waals surface area (Å²) in [6, 6.07) is 8.27. The van der Waals surface area contributed by atoms with Crippen molar-refractivity contribution in [3.8, 4) is 0 Å². The van der Waals surface area contributed by atoms with Crippen LogP contribution in [0.25, 0.3) is 0 Å². The van der Waals surface area contributed by atoms with Crippen LogP contribution in [0, 0.1) is 0 Å². The van der Waals surface area contributed by atoms with E-state index in [0.717, 1.165) is 5.56 Å². The number of nitrogens with one attached hydrogen (secondary N) is 1. The Morgan fingerprint density at radius 3 is 2.61 bits per heavy atom. The number of primary amides is 1. The number of rotatable bonds is 3. The second-order valence-corrected chi connectivity index (χ2v) is 4.69. The van der Waals surface area contributed by atoms with E-state index in [0.29, 0.717) is 5.04 Å². The number of carbonyl (C=O) groups excluding carboxylic acids is 1. The third kappa shape index (κ3) is 2.30. The fraction of sp³-hybridized carbons (Fsp3) is 0.182. The molecule has 7 heteroatoms. The number of aliphatic carboxylic acids is 1. The number of amides is 2. The van der Waals surface area contributed by atoms with Crippen molar-refractivity contribution in [2.45, 2.75) is 5.66 Å². The second kappa shape index (κ2) is 4.69.